The van der Waals surface area contributed by atoms with Gasteiger partial charge in [0.2, 0.25) is 7.38 Å². The summed E-state index contributed by atoms with van der Waals surface area (Å²) in [5.74, 6) is -79.2. The molecule has 0 radical (unpaired) electrons. The van der Waals surface area contributed by atoms with Crippen molar-refractivity contribution >= 4 is 18.5 Å². The summed E-state index contributed by atoms with van der Waals surface area (Å²) in [6, 6.07) is 0. The molecule has 0 amide bonds. The molecule has 236 valence electrons. The topological polar surface area (TPSA) is 0 Å². The lowest BCUT2D eigenvalue weighted by Crippen LogP contribution is -2.77. The molecular formula is C14H8ClF23Si. The molecule has 0 fully saturated rings. The van der Waals surface area contributed by atoms with Gasteiger partial charge in [0.25, 0.3) is 5.55 Å². The van der Waals surface area contributed by atoms with Crippen LogP contribution in [0.15, 0.2) is 0 Å². The Bertz CT molecular complexity index is 893. The van der Waals surface area contributed by atoms with Gasteiger partial charge in [0.15, 0.2) is 0 Å². The zero-order valence-corrected chi connectivity index (χ0v) is 19.5. The maximum atomic E-state index is 13.7. The lowest BCUT2D eigenvalue weighted by atomic mass is 9.86. The minimum absolute atomic E-state index is 0.142. The fourth-order valence-electron chi connectivity index (χ4n) is 2.19. The minimum Gasteiger partial charge on any atom is -0.210 e. The van der Waals surface area contributed by atoms with E-state index in [0.717, 1.165) is 0 Å². The van der Waals surface area contributed by atoms with E-state index in [1.54, 1.807) is 0 Å². The van der Waals surface area contributed by atoms with Crippen molar-refractivity contribution in [2.75, 3.05) is 0 Å². The third-order valence-electron chi connectivity index (χ3n) is 4.89. The highest BCUT2D eigenvalue weighted by Gasteiger charge is 2.98. The largest absolute Gasteiger partial charge is 0.460 e. The third kappa shape index (κ3) is 4.99. The second kappa shape index (κ2) is 9.20. The lowest BCUT2D eigenvalue weighted by molar-refractivity contribution is -0.474. The number of hydrogen-bond acceptors (Lipinski definition) is 0. The van der Waals surface area contributed by atoms with E-state index in [0.29, 0.717) is 0 Å². The molecule has 0 unspecified atom stereocenters. The van der Waals surface area contributed by atoms with Gasteiger partial charge in [-0.3, -0.25) is 0 Å². The van der Waals surface area contributed by atoms with Crippen LogP contribution in [0.5, 0.6) is 0 Å². The quantitative estimate of drug-likeness (QED) is 0.116. The van der Waals surface area contributed by atoms with Crippen LogP contribution in [-0.4, -0.2) is 72.4 Å². The molecule has 0 rings (SSSR count). The second-order valence-electron chi connectivity index (χ2n) is 8.15. The summed E-state index contributed by atoms with van der Waals surface area (Å²) in [5, 5.41) is 0. The number of halogens is 24. The normalized spacial score (nSPS) is 17.1. The maximum absolute atomic E-state index is 13.7. The maximum Gasteiger partial charge on any atom is 0.460 e. The molecule has 0 nitrogen and oxygen atoms in total. The van der Waals surface area contributed by atoms with Crippen LogP contribution in [0.2, 0.25) is 13.1 Å². The van der Waals surface area contributed by atoms with Gasteiger partial charge >= 0.3 is 59.5 Å². The minimum atomic E-state index is -9.32. The first-order valence-corrected chi connectivity index (χ1v) is 12.8. The Morgan fingerprint density at radius 3 is 0.795 bits per heavy atom. The number of rotatable bonds is 11. The Kier molecular flexibility index (Phi) is 8.94. The van der Waals surface area contributed by atoms with Crippen LogP contribution >= 0.6 is 11.1 Å². The first-order valence-electron chi connectivity index (χ1n) is 8.74. The van der Waals surface area contributed by atoms with Crippen molar-refractivity contribution in [2.45, 2.75) is 84.5 Å². The third-order valence-corrected chi connectivity index (χ3v) is 7.64. The van der Waals surface area contributed by atoms with E-state index in [2.05, 4.69) is 0 Å². The Balaban J connectivity index is 7.11. The van der Waals surface area contributed by atoms with Crippen LogP contribution < -0.4 is 0 Å². The molecule has 0 atom stereocenters. The summed E-state index contributed by atoms with van der Waals surface area (Å²) < 4.78 is 305. The highest BCUT2D eigenvalue weighted by molar-refractivity contribution is 7.20. The van der Waals surface area contributed by atoms with E-state index < -0.39 is 78.8 Å². The van der Waals surface area contributed by atoms with E-state index in [1.807, 2.05) is 0 Å². The average Bonchev–Trinajstić information content (AvgIpc) is 2.63. The molecular weight excluding hydrogens is 669 g/mol. The van der Waals surface area contributed by atoms with E-state index in [4.69, 9.17) is 11.1 Å². The monoisotopic (exact) mass is 676 g/mol. The molecule has 39 heavy (non-hydrogen) atoms. The van der Waals surface area contributed by atoms with Crippen molar-refractivity contribution in [3.8, 4) is 0 Å². The predicted octanol–water partition coefficient (Wildman–Crippen LogP) is 9.27. The van der Waals surface area contributed by atoms with Gasteiger partial charge in [-0.25, -0.2) is 8.78 Å². The smallest absolute Gasteiger partial charge is 0.210 e. The van der Waals surface area contributed by atoms with E-state index in [-0.39, 0.29) is 13.1 Å². The zero-order chi connectivity index (χ0) is 32.7. The SMILES string of the molecule is C[Si](C)(Cl)C(F)(F)CC(F)(F)C(F)(F)C(F)(F)C(F)(F)C(F)(F)C(F)(F)C(F)(F)C(F)(F)C(F)(F)C(F)(F)F. The van der Waals surface area contributed by atoms with Gasteiger partial charge in [-0.1, -0.05) is 13.1 Å². The summed E-state index contributed by atoms with van der Waals surface area (Å²) in [5.41, 5.74) is -5.41. The van der Waals surface area contributed by atoms with Crippen molar-refractivity contribution in [1.29, 1.82) is 0 Å². The molecule has 0 spiro atoms. The number of hydrogen-bond donors (Lipinski definition) is 0. The Labute approximate surface area is 205 Å². The van der Waals surface area contributed by atoms with E-state index in [1.165, 1.54) is 0 Å². The molecule has 25 heteroatoms. The van der Waals surface area contributed by atoms with Crippen molar-refractivity contribution < 1.29 is 101 Å². The fourth-order valence-corrected chi connectivity index (χ4v) is 3.03. The Morgan fingerprint density at radius 2 is 0.590 bits per heavy atom. The summed E-state index contributed by atoms with van der Waals surface area (Å²) in [6.07, 6.45) is -12.1. The standard InChI is InChI=1S/C14H8ClF23Si/c1-39(2,15)5(18,19)3-4(16,17)6(20,21)7(22,23)8(24,25)9(26,27)10(28,29)11(30,31)12(32,33)13(34,35)14(36,37)38/h3H2,1-2H3. The summed E-state index contributed by atoms with van der Waals surface area (Å²) in [6.45, 7) is 0.284. The van der Waals surface area contributed by atoms with Crippen molar-refractivity contribution in [1.82, 2.24) is 0 Å². The van der Waals surface area contributed by atoms with Crippen molar-refractivity contribution in [2.24, 2.45) is 0 Å². The molecule has 0 aromatic heterocycles. The highest BCUT2D eigenvalue weighted by atomic mass is 35.6. The fraction of sp³-hybridized carbons (Fsp3) is 1.00. The highest BCUT2D eigenvalue weighted by Crippen LogP contribution is 2.66. The first kappa shape index (κ1) is 37.9. The average molecular weight is 677 g/mol. The van der Waals surface area contributed by atoms with Crippen LogP contribution in [0.3, 0.4) is 0 Å². The zero-order valence-electron chi connectivity index (χ0n) is 17.8. The Morgan fingerprint density at radius 1 is 0.385 bits per heavy atom. The van der Waals surface area contributed by atoms with Crippen LogP contribution in [0.4, 0.5) is 101 Å². The first-order chi connectivity index (χ1) is 16.2. The van der Waals surface area contributed by atoms with Gasteiger partial charge in [0, 0.05) is 0 Å². The molecule has 0 aliphatic rings. The second-order valence-corrected chi connectivity index (χ2v) is 14.7. The molecule has 0 aliphatic carbocycles. The molecule has 0 saturated carbocycles. The van der Waals surface area contributed by atoms with E-state index >= 15 is 0 Å². The van der Waals surface area contributed by atoms with Crippen LogP contribution in [0.25, 0.3) is 0 Å². The number of alkyl halides is 23. The van der Waals surface area contributed by atoms with Crippen LogP contribution in [-0.2, 0) is 0 Å². The molecule has 0 saturated heterocycles. The Hall–Kier alpha value is -1.10. The summed E-state index contributed by atoms with van der Waals surface area (Å²) >= 11 is 4.94. The van der Waals surface area contributed by atoms with Crippen LogP contribution in [0, 0.1) is 0 Å². The molecule has 0 N–H and O–H groups in total. The molecule has 0 heterocycles. The van der Waals surface area contributed by atoms with E-state index in [9.17, 15) is 101 Å². The summed E-state index contributed by atoms with van der Waals surface area (Å²) in [4.78, 5) is 0. The van der Waals surface area contributed by atoms with Crippen molar-refractivity contribution in [3.05, 3.63) is 0 Å². The van der Waals surface area contributed by atoms with Crippen molar-refractivity contribution in [3.63, 3.8) is 0 Å². The summed E-state index contributed by atoms with van der Waals surface area (Å²) in [7, 11) is -5.04. The van der Waals surface area contributed by atoms with Gasteiger partial charge in [-0.2, -0.15) is 103 Å². The van der Waals surface area contributed by atoms with Crippen LogP contribution in [0.1, 0.15) is 6.42 Å². The molecule has 0 aromatic carbocycles. The molecule has 0 bridgehead atoms. The molecule has 0 aliphatic heterocycles. The van der Waals surface area contributed by atoms with Gasteiger partial charge in [0.05, 0.1) is 6.42 Å². The van der Waals surface area contributed by atoms with Gasteiger partial charge < -0.3 is 0 Å². The lowest BCUT2D eigenvalue weighted by Gasteiger charge is -2.45. The van der Waals surface area contributed by atoms with Gasteiger partial charge in [-0.15, -0.1) is 0 Å². The van der Waals surface area contributed by atoms with Gasteiger partial charge in [-0.05, 0) is 0 Å². The van der Waals surface area contributed by atoms with Gasteiger partial charge in [0.1, 0.15) is 0 Å². The molecule has 0 aromatic rings. The predicted molar refractivity (Wildman–Crippen MR) is 83.5 cm³/mol.